The standard InChI is InChI=1S/C16H16F3N3O.ClH/c1-10(11-3-2-4-13(7-11)16(17,18)19)22-15(23)12-5-6-21-14(8-12)9-20;/h2-8,10H,9,20H2,1H3,(H,22,23);1H. The summed E-state index contributed by atoms with van der Waals surface area (Å²) in [6.45, 7) is 1.82. The van der Waals surface area contributed by atoms with Crippen LogP contribution in [0.25, 0.3) is 0 Å². The van der Waals surface area contributed by atoms with E-state index in [1.807, 2.05) is 0 Å². The first-order valence-electron chi connectivity index (χ1n) is 6.94. The molecule has 0 bridgehead atoms. The highest BCUT2D eigenvalue weighted by Gasteiger charge is 2.30. The molecule has 1 heterocycles. The molecule has 8 heteroatoms. The Kier molecular flexibility index (Phi) is 6.74. The third kappa shape index (κ3) is 4.94. The first-order valence-corrected chi connectivity index (χ1v) is 6.94. The summed E-state index contributed by atoms with van der Waals surface area (Å²) in [6.07, 6.45) is -2.95. The molecule has 0 aliphatic heterocycles. The van der Waals surface area contributed by atoms with Crippen LogP contribution in [-0.4, -0.2) is 10.9 Å². The molecule has 0 aliphatic carbocycles. The zero-order valence-corrected chi connectivity index (χ0v) is 13.6. The van der Waals surface area contributed by atoms with Crippen molar-refractivity contribution in [2.45, 2.75) is 25.7 Å². The van der Waals surface area contributed by atoms with E-state index in [0.717, 1.165) is 12.1 Å². The number of carbonyl (C=O) groups excluding carboxylic acids is 1. The molecule has 1 atom stereocenters. The third-order valence-electron chi connectivity index (χ3n) is 3.35. The van der Waals surface area contributed by atoms with Crippen LogP contribution < -0.4 is 11.1 Å². The highest BCUT2D eigenvalue weighted by atomic mass is 35.5. The number of halogens is 4. The summed E-state index contributed by atoms with van der Waals surface area (Å²) in [5, 5.41) is 2.67. The molecule has 130 valence electrons. The van der Waals surface area contributed by atoms with E-state index in [2.05, 4.69) is 10.3 Å². The monoisotopic (exact) mass is 359 g/mol. The van der Waals surface area contributed by atoms with Gasteiger partial charge in [-0.2, -0.15) is 13.2 Å². The Morgan fingerprint density at radius 1 is 1.29 bits per heavy atom. The molecule has 2 rings (SSSR count). The number of benzene rings is 1. The van der Waals surface area contributed by atoms with E-state index < -0.39 is 23.7 Å². The lowest BCUT2D eigenvalue weighted by atomic mass is 10.0. The van der Waals surface area contributed by atoms with Crippen molar-refractivity contribution in [3.63, 3.8) is 0 Å². The zero-order chi connectivity index (χ0) is 17.0. The molecule has 1 amide bonds. The summed E-state index contributed by atoms with van der Waals surface area (Å²) >= 11 is 0. The lowest BCUT2D eigenvalue weighted by Gasteiger charge is -2.16. The van der Waals surface area contributed by atoms with Crippen molar-refractivity contribution in [1.29, 1.82) is 0 Å². The second kappa shape index (κ2) is 8.12. The molecule has 2 aromatic rings. The predicted molar refractivity (Wildman–Crippen MR) is 86.7 cm³/mol. The van der Waals surface area contributed by atoms with Crippen LogP contribution in [0.2, 0.25) is 0 Å². The summed E-state index contributed by atoms with van der Waals surface area (Å²) < 4.78 is 38.2. The lowest BCUT2D eigenvalue weighted by molar-refractivity contribution is -0.137. The molecule has 0 spiro atoms. The van der Waals surface area contributed by atoms with Crippen molar-refractivity contribution in [2.75, 3.05) is 0 Å². The molecule has 0 saturated carbocycles. The Morgan fingerprint density at radius 2 is 2.00 bits per heavy atom. The second-order valence-electron chi connectivity index (χ2n) is 5.06. The normalized spacial score (nSPS) is 12.2. The maximum absolute atomic E-state index is 12.7. The fourth-order valence-electron chi connectivity index (χ4n) is 2.08. The molecular weight excluding hydrogens is 343 g/mol. The van der Waals surface area contributed by atoms with Gasteiger partial charge in [-0.05, 0) is 36.8 Å². The average molecular weight is 360 g/mol. The molecule has 0 aliphatic rings. The third-order valence-corrected chi connectivity index (χ3v) is 3.35. The van der Waals surface area contributed by atoms with E-state index >= 15 is 0 Å². The Balaban J connectivity index is 0.00000288. The van der Waals surface area contributed by atoms with E-state index in [-0.39, 0.29) is 19.0 Å². The van der Waals surface area contributed by atoms with Gasteiger partial charge in [0.15, 0.2) is 0 Å². The van der Waals surface area contributed by atoms with Crippen molar-refractivity contribution in [3.8, 4) is 0 Å². The lowest BCUT2D eigenvalue weighted by Crippen LogP contribution is -2.27. The number of pyridine rings is 1. The minimum Gasteiger partial charge on any atom is -0.346 e. The summed E-state index contributed by atoms with van der Waals surface area (Å²) in [5.74, 6) is -0.396. The molecular formula is C16H17ClF3N3O. The van der Waals surface area contributed by atoms with Gasteiger partial charge >= 0.3 is 6.18 Å². The van der Waals surface area contributed by atoms with E-state index in [4.69, 9.17) is 5.73 Å². The van der Waals surface area contributed by atoms with Crippen LogP contribution in [0.5, 0.6) is 0 Å². The number of nitrogens with two attached hydrogens (primary N) is 1. The van der Waals surface area contributed by atoms with Crippen molar-refractivity contribution in [2.24, 2.45) is 5.73 Å². The number of aromatic nitrogens is 1. The molecule has 4 nitrogen and oxygen atoms in total. The highest BCUT2D eigenvalue weighted by Crippen LogP contribution is 2.30. The minimum atomic E-state index is -4.42. The van der Waals surface area contributed by atoms with E-state index in [1.165, 1.54) is 24.4 Å². The average Bonchev–Trinajstić information content (AvgIpc) is 2.54. The van der Waals surface area contributed by atoms with E-state index in [1.54, 1.807) is 13.0 Å². The number of alkyl halides is 3. The molecule has 0 radical (unpaired) electrons. The first kappa shape index (κ1) is 19.9. The molecule has 3 N–H and O–H groups in total. The van der Waals surface area contributed by atoms with Crippen LogP contribution in [0.1, 0.15) is 40.1 Å². The minimum absolute atomic E-state index is 0. The molecule has 24 heavy (non-hydrogen) atoms. The Labute approximate surface area is 143 Å². The summed E-state index contributed by atoms with van der Waals surface area (Å²) in [5.41, 5.74) is 6.02. The summed E-state index contributed by atoms with van der Waals surface area (Å²) in [7, 11) is 0. The topological polar surface area (TPSA) is 68.0 Å². The van der Waals surface area contributed by atoms with Crippen LogP contribution >= 0.6 is 12.4 Å². The van der Waals surface area contributed by atoms with Gasteiger partial charge in [0.1, 0.15) is 0 Å². The first-order chi connectivity index (χ1) is 10.8. The van der Waals surface area contributed by atoms with E-state index in [0.29, 0.717) is 16.8 Å². The fraction of sp³-hybridized carbons (Fsp3) is 0.250. The largest absolute Gasteiger partial charge is 0.416 e. The number of nitrogens with zero attached hydrogens (tertiary/aromatic N) is 1. The zero-order valence-electron chi connectivity index (χ0n) is 12.8. The Morgan fingerprint density at radius 3 is 2.62 bits per heavy atom. The van der Waals surface area contributed by atoms with Gasteiger partial charge in [-0.15, -0.1) is 12.4 Å². The summed E-state index contributed by atoms with van der Waals surface area (Å²) in [4.78, 5) is 16.2. The van der Waals surface area contributed by atoms with Gasteiger partial charge in [-0.25, -0.2) is 0 Å². The molecule has 1 unspecified atom stereocenters. The van der Waals surface area contributed by atoms with Crippen molar-refractivity contribution >= 4 is 18.3 Å². The van der Waals surface area contributed by atoms with Crippen LogP contribution in [-0.2, 0) is 12.7 Å². The van der Waals surface area contributed by atoms with Gasteiger partial charge < -0.3 is 11.1 Å². The quantitative estimate of drug-likeness (QED) is 0.878. The fourth-order valence-corrected chi connectivity index (χ4v) is 2.08. The van der Waals surface area contributed by atoms with Crippen LogP contribution in [0.4, 0.5) is 13.2 Å². The van der Waals surface area contributed by atoms with Gasteiger partial charge in [-0.3, -0.25) is 9.78 Å². The SMILES string of the molecule is CC(NC(=O)c1ccnc(CN)c1)c1cccc(C(F)(F)F)c1.Cl. The number of carbonyl (C=O) groups is 1. The predicted octanol–water partition coefficient (Wildman–Crippen LogP) is 3.47. The number of hydrogen-bond donors (Lipinski definition) is 2. The smallest absolute Gasteiger partial charge is 0.346 e. The van der Waals surface area contributed by atoms with Gasteiger partial charge in [0.25, 0.3) is 5.91 Å². The van der Waals surface area contributed by atoms with Crippen LogP contribution in [0.15, 0.2) is 42.6 Å². The van der Waals surface area contributed by atoms with Crippen molar-refractivity contribution in [3.05, 3.63) is 65.0 Å². The van der Waals surface area contributed by atoms with Crippen molar-refractivity contribution in [1.82, 2.24) is 10.3 Å². The van der Waals surface area contributed by atoms with Gasteiger partial charge in [0.2, 0.25) is 0 Å². The van der Waals surface area contributed by atoms with Gasteiger partial charge in [0.05, 0.1) is 17.3 Å². The number of rotatable bonds is 4. The number of hydrogen-bond acceptors (Lipinski definition) is 3. The highest BCUT2D eigenvalue weighted by molar-refractivity contribution is 5.94. The van der Waals surface area contributed by atoms with Crippen LogP contribution in [0, 0.1) is 0 Å². The maximum Gasteiger partial charge on any atom is 0.416 e. The number of nitrogens with one attached hydrogen (secondary N) is 1. The van der Waals surface area contributed by atoms with Gasteiger partial charge in [-0.1, -0.05) is 12.1 Å². The molecule has 1 aromatic heterocycles. The van der Waals surface area contributed by atoms with Crippen LogP contribution in [0.3, 0.4) is 0 Å². The molecule has 0 fully saturated rings. The van der Waals surface area contributed by atoms with E-state index in [9.17, 15) is 18.0 Å². The Hall–Kier alpha value is -2.12. The van der Waals surface area contributed by atoms with Gasteiger partial charge in [0, 0.05) is 18.3 Å². The van der Waals surface area contributed by atoms with Crippen molar-refractivity contribution < 1.29 is 18.0 Å². The molecule has 0 saturated heterocycles. The number of amides is 1. The second-order valence-corrected chi connectivity index (χ2v) is 5.06. The summed E-state index contributed by atoms with van der Waals surface area (Å²) in [6, 6.07) is 7.38. The Bertz CT molecular complexity index is 707. The molecule has 1 aromatic carbocycles. The maximum atomic E-state index is 12.7.